The van der Waals surface area contributed by atoms with Gasteiger partial charge in [-0.2, -0.15) is 14.4 Å². The molecule has 1 aliphatic heterocycles. The molecule has 0 amide bonds. The highest BCUT2D eigenvalue weighted by Gasteiger charge is 2.47. The lowest BCUT2D eigenvalue weighted by molar-refractivity contribution is -0.0833. The number of anilines is 1. The fourth-order valence-electron chi connectivity index (χ4n) is 3.42. The van der Waals surface area contributed by atoms with Crippen molar-refractivity contribution >= 4 is 23.1 Å². The molecule has 3 aromatic rings. The Morgan fingerprint density at radius 2 is 2.22 bits per heavy atom. The summed E-state index contributed by atoms with van der Waals surface area (Å²) in [6.45, 7) is 2.64. The van der Waals surface area contributed by atoms with E-state index in [-0.39, 0.29) is 47.6 Å². The Labute approximate surface area is 179 Å². The van der Waals surface area contributed by atoms with E-state index in [0.717, 1.165) is 0 Å². The number of fused-ring (bicyclic) bond motifs is 1. The van der Waals surface area contributed by atoms with Crippen LogP contribution in [0.25, 0.3) is 11.2 Å². The Morgan fingerprint density at radius 1 is 1.44 bits per heavy atom. The third-order valence-corrected chi connectivity index (χ3v) is 5.23. The highest BCUT2D eigenvalue weighted by Crippen LogP contribution is 2.42. The SMILES string of the molecule is C#C[C@]1(COC(=O)OCc2oc(=O)oc2C)O[C@@H](n2cnc3c(N)nc(F)nc32)C[C@@H]1C. The van der Waals surface area contributed by atoms with Crippen molar-refractivity contribution in [1.29, 1.82) is 0 Å². The van der Waals surface area contributed by atoms with Crippen molar-refractivity contribution in [3.8, 4) is 12.3 Å². The maximum absolute atomic E-state index is 13.7. The van der Waals surface area contributed by atoms with Gasteiger partial charge in [0.05, 0.1) is 6.33 Å². The number of terminal acetylenes is 1. The zero-order valence-electron chi connectivity index (χ0n) is 17.0. The van der Waals surface area contributed by atoms with Crippen molar-refractivity contribution < 1.29 is 32.2 Å². The molecule has 168 valence electrons. The summed E-state index contributed by atoms with van der Waals surface area (Å²) in [6.07, 6.45) is 4.80. The largest absolute Gasteiger partial charge is 0.519 e. The minimum Gasteiger partial charge on any atom is -0.430 e. The normalized spacial score (nSPS) is 22.7. The summed E-state index contributed by atoms with van der Waals surface area (Å²) in [5, 5.41) is 0. The number of aryl methyl sites for hydroxylation is 1. The molecule has 0 spiro atoms. The van der Waals surface area contributed by atoms with Gasteiger partial charge in [-0.3, -0.25) is 4.57 Å². The summed E-state index contributed by atoms with van der Waals surface area (Å²) in [4.78, 5) is 34.3. The molecule has 12 nitrogen and oxygen atoms in total. The van der Waals surface area contributed by atoms with Crippen LogP contribution in [0.3, 0.4) is 0 Å². The maximum Gasteiger partial charge on any atom is 0.519 e. The van der Waals surface area contributed by atoms with Crippen LogP contribution in [-0.4, -0.2) is 37.9 Å². The number of hydrogen-bond acceptors (Lipinski definition) is 11. The van der Waals surface area contributed by atoms with Gasteiger partial charge in [-0.05, 0) is 13.3 Å². The minimum absolute atomic E-state index is 0.0599. The molecule has 0 bridgehead atoms. The summed E-state index contributed by atoms with van der Waals surface area (Å²) >= 11 is 0. The highest BCUT2D eigenvalue weighted by molar-refractivity contribution is 5.81. The minimum atomic E-state index is -1.28. The van der Waals surface area contributed by atoms with E-state index in [1.807, 2.05) is 6.92 Å². The zero-order chi connectivity index (χ0) is 23.0. The van der Waals surface area contributed by atoms with Crippen LogP contribution in [0, 0.1) is 31.3 Å². The fourth-order valence-corrected chi connectivity index (χ4v) is 3.42. The van der Waals surface area contributed by atoms with Crippen LogP contribution < -0.4 is 11.6 Å². The Bertz CT molecular complexity index is 1280. The van der Waals surface area contributed by atoms with E-state index < -0.39 is 29.9 Å². The van der Waals surface area contributed by atoms with Crippen LogP contribution >= 0.6 is 0 Å². The van der Waals surface area contributed by atoms with Crippen LogP contribution in [0.1, 0.15) is 31.1 Å². The van der Waals surface area contributed by atoms with E-state index in [1.165, 1.54) is 17.8 Å². The number of nitrogen functional groups attached to an aromatic ring is 1. The van der Waals surface area contributed by atoms with E-state index in [0.29, 0.717) is 6.42 Å². The standard InChI is InChI=1S/C19H18FN5O7/c1-4-19(7-29-17(26)28-6-11-10(3)30-18(27)31-11)9(2)5-12(32-19)25-8-22-13-14(21)23-16(20)24-15(13)25/h1,8-9,12H,5-7H2,2-3H3,(H2,21,23,24)/t9-,12+,19+/m0/s1. The Balaban J connectivity index is 1.44. The van der Waals surface area contributed by atoms with Crippen LogP contribution in [0.2, 0.25) is 0 Å². The van der Waals surface area contributed by atoms with Crippen molar-refractivity contribution in [2.24, 2.45) is 5.92 Å². The fraction of sp³-hybridized carbons (Fsp3) is 0.421. The molecule has 4 heterocycles. The first-order chi connectivity index (χ1) is 15.2. The second-order valence-electron chi connectivity index (χ2n) is 7.21. The number of halogens is 1. The van der Waals surface area contributed by atoms with Crippen molar-refractivity contribution in [3.05, 3.63) is 34.5 Å². The first kappa shape index (κ1) is 21.3. The van der Waals surface area contributed by atoms with E-state index in [9.17, 15) is 14.0 Å². The topological polar surface area (TPSA) is 158 Å². The van der Waals surface area contributed by atoms with E-state index >= 15 is 0 Å². The number of imidazole rings is 1. The van der Waals surface area contributed by atoms with E-state index in [2.05, 4.69) is 25.3 Å². The monoisotopic (exact) mass is 447 g/mol. The van der Waals surface area contributed by atoms with Crippen LogP contribution in [0.5, 0.6) is 0 Å². The molecule has 0 aromatic carbocycles. The Kier molecular flexibility index (Phi) is 5.31. The van der Waals surface area contributed by atoms with Gasteiger partial charge in [0, 0.05) is 5.92 Å². The van der Waals surface area contributed by atoms with Crippen LogP contribution in [-0.2, 0) is 20.8 Å². The van der Waals surface area contributed by atoms with Crippen LogP contribution in [0.4, 0.5) is 15.0 Å². The molecule has 32 heavy (non-hydrogen) atoms. The van der Waals surface area contributed by atoms with Gasteiger partial charge in [0.2, 0.25) is 0 Å². The number of hydrogen-bond donors (Lipinski definition) is 1. The van der Waals surface area contributed by atoms with Crippen molar-refractivity contribution in [2.45, 2.75) is 38.7 Å². The number of carbonyl (C=O) groups is 1. The number of ether oxygens (including phenoxy) is 3. The molecule has 13 heteroatoms. The summed E-state index contributed by atoms with van der Waals surface area (Å²) in [7, 11) is 0. The second-order valence-corrected chi connectivity index (χ2v) is 7.21. The van der Waals surface area contributed by atoms with Gasteiger partial charge in [-0.15, -0.1) is 6.42 Å². The molecule has 4 rings (SSSR count). The summed E-state index contributed by atoms with van der Waals surface area (Å²) in [6, 6.07) is 0. The van der Waals surface area contributed by atoms with Gasteiger partial charge in [0.1, 0.15) is 12.8 Å². The molecule has 1 fully saturated rings. The molecule has 0 unspecified atom stereocenters. The molecule has 1 saturated heterocycles. The lowest BCUT2D eigenvalue weighted by Gasteiger charge is -2.26. The van der Waals surface area contributed by atoms with Crippen LogP contribution in [0.15, 0.2) is 20.0 Å². The zero-order valence-corrected chi connectivity index (χ0v) is 17.0. The molecule has 3 atom stereocenters. The molecule has 0 saturated carbocycles. The first-order valence-electron chi connectivity index (χ1n) is 9.42. The molecular weight excluding hydrogens is 429 g/mol. The van der Waals surface area contributed by atoms with Crippen molar-refractivity contribution in [1.82, 2.24) is 19.5 Å². The lowest BCUT2D eigenvalue weighted by Crippen LogP contribution is -2.39. The Hall–Kier alpha value is -3.92. The molecule has 1 aliphatic rings. The number of aromatic nitrogens is 4. The van der Waals surface area contributed by atoms with Gasteiger partial charge >= 0.3 is 18.1 Å². The maximum atomic E-state index is 13.7. The van der Waals surface area contributed by atoms with Crippen molar-refractivity contribution in [2.75, 3.05) is 12.3 Å². The number of carbonyl (C=O) groups excluding carboxylic acids is 1. The average molecular weight is 447 g/mol. The Morgan fingerprint density at radius 3 is 2.91 bits per heavy atom. The third-order valence-electron chi connectivity index (χ3n) is 5.23. The third kappa shape index (κ3) is 3.76. The first-order valence-corrected chi connectivity index (χ1v) is 9.42. The summed E-state index contributed by atoms with van der Waals surface area (Å²) in [5.74, 6) is 1.51. The molecule has 0 aliphatic carbocycles. The smallest absolute Gasteiger partial charge is 0.430 e. The molecule has 0 radical (unpaired) electrons. The van der Waals surface area contributed by atoms with E-state index in [4.69, 9.17) is 30.8 Å². The quantitative estimate of drug-likeness (QED) is 0.344. The number of nitrogens with two attached hydrogens (primary N) is 1. The number of nitrogens with zero attached hydrogens (tertiary/aromatic N) is 4. The van der Waals surface area contributed by atoms with E-state index in [1.54, 1.807) is 0 Å². The second kappa shape index (κ2) is 7.97. The average Bonchev–Trinajstić information content (AvgIpc) is 3.40. The van der Waals surface area contributed by atoms with Gasteiger partial charge in [0.15, 0.2) is 40.7 Å². The summed E-state index contributed by atoms with van der Waals surface area (Å²) < 4.78 is 40.7. The van der Waals surface area contributed by atoms with Gasteiger partial charge in [0.25, 0.3) is 0 Å². The lowest BCUT2D eigenvalue weighted by atomic mass is 9.90. The highest BCUT2D eigenvalue weighted by atomic mass is 19.1. The van der Waals surface area contributed by atoms with Crippen molar-refractivity contribution in [3.63, 3.8) is 0 Å². The van der Waals surface area contributed by atoms with Gasteiger partial charge < -0.3 is 28.8 Å². The molecular formula is C19H18FN5O7. The number of rotatable bonds is 5. The van der Waals surface area contributed by atoms with Gasteiger partial charge in [-0.1, -0.05) is 12.8 Å². The molecule has 3 aromatic heterocycles. The molecule has 2 N–H and O–H groups in total. The predicted octanol–water partition coefficient (Wildman–Crippen LogP) is 1.68. The summed E-state index contributed by atoms with van der Waals surface area (Å²) in [5.41, 5.74) is 4.79. The van der Waals surface area contributed by atoms with Gasteiger partial charge in [-0.25, -0.2) is 14.6 Å². The predicted molar refractivity (Wildman–Crippen MR) is 103 cm³/mol.